The molecule has 0 aliphatic carbocycles. The highest BCUT2D eigenvalue weighted by Gasteiger charge is 2.06. The summed E-state index contributed by atoms with van der Waals surface area (Å²) >= 11 is 0. The minimum atomic E-state index is 0.658. The Morgan fingerprint density at radius 1 is 1.40 bits per heavy atom. The van der Waals surface area contributed by atoms with Crippen molar-refractivity contribution in [1.82, 2.24) is 9.47 Å². The van der Waals surface area contributed by atoms with Gasteiger partial charge in [-0.05, 0) is 11.6 Å². The molecule has 0 atom stereocenters. The molecular weight excluding hydrogens is 188 g/mol. The minimum Gasteiger partial charge on any atom is -0.350 e. The fourth-order valence-electron chi connectivity index (χ4n) is 1.86. The topological polar surface area (TPSA) is 25.2 Å². The number of carbonyl (C=O) groups excluding carboxylic acids is 1. The molecule has 0 unspecified atom stereocenters. The molecule has 15 heavy (non-hydrogen) atoms. The lowest BCUT2D eigenvalue weighted by Crippen LogP contribution is -2.14. The van der Waals surface area contributed by atoms with Crippen molar-refractivity contribution in [1.29, 1.82) is 0 Å². The van der Waals surface area contributed by atoms with Gasteiger partial charge in [0.25, 0.3) is 0 Å². The standard InChI is InChI=1S/C12H14N2O/c1-13(9-15)7-10-8-14(2)12-6-4-3-5-11(10)12/h3-6,8-9H,7H2,1-2H3. The summed E-state index contributed by atoms with van der Waals surface area (Å²) in [5.74, 6) is 0. The Bertz CT molecular complexity index is 487. The lowest BCUT2D eigenvalue weighted by atomic mass is 10.2. The SMILES string of the molecule is CN(C=O)Cc1cn(C)c2ccccc12. The average molecular weight is 202 g/mol. The molecule has 2 aromatic rings. The Kier molecular flexibility index (Phi) is 2.46. The molecule has 0 saturated heterocycles. The van der Waals surface area contributed by atoms with Gasteiger partial charge in [0.2, 0.25) is 6.41 Å². The predicted octanol–water partition coefficient (Wildman–Crippen LogP) is 1.77. The van der Waals surface area contributed by atoms with E-state index < -0.39 is 0 Å². The normalized spacial score (nSPS) is 10.5. The van der Waals surface area contributed by atoms with Crippen LogP contribution in [0.25, 0.3) is 10.9 Å². The Morgan fingerprint density at radius 3 is 2.87 bits per heavy atom. The number of fused-ring (bicyclic) bond motifs is 1. The van der Waals surface area contributed by atoms with Crippen molar-refractivity contribution in [3.05, 3.63) is 36.0 Å². The first-order valence-corrected chi connectivity index (χ1v) is 4.91. The van der Waals surface area contributed by atoms with Crippen LogP contribution in [0.5, 0.6) is 0 Å². The van der Waals surface area contributed by atoms with E-state index in [1.165, 1.54) is 16.5 Å². The van der Waals surface area contributed by atoms with Gasteiger partial charge in [-0.25, -0.2) is 0 Å². The molecule has 3 heteroatoms. The first-order valence-electron chi connectivity index (χ1n) is 4.91. The van der Waals surface area contributed by atoms with Gasteiger partial charge in [0, 0.05) is 37.7 Å². The van der Waals surface area contributed by atoms with E-state index in [4.69, 9.17) is 0 Å². The number of hydrogen-bond donors (Lipinski definition) is 0. The van der Waals surface area contributed by atoms with Crippen LogP contribution >= 0.6 is 0 Å². The van der Waals surface area contributed by atoms with E-state index in [9.17, 15) is 4.79 Å². The van der Waals surface area contributed by atoms with Crippen LogP contribution in [0.3, 0.4) is 0 Å². The zero-order valence-corrected chi connectivity index (χ0v) is 8.97. The van der Waals surface area contributed by atoms with Crippen molar-refractivity contribution in [2.24, 2.45) is 7.05 Å². The second-order valence-corrected chi connectivity index (χ2v) is 3.80. The fraction of sp³-hybridized carbons (Fsp3) is 0.250. The maximum Gasteiger partial charge on any atom is 0.209 e. The number of benzene rings is 1. The molecule has 2 rings (SSSR count). The van der Waals surface area contributed by atoms with Gasteiger partial charge in [-0.2, -0.15) is 0 Å². The quantitative estimate of drug-likeness (QED) is 0.696. The maximum atomic E-state index is 10.6. The number of nitrogens with zero attached hydrogens (tertiary/aromatic N) is 2. The zero-order valence-electron chi connectivity index (χ0n) is 8.97. The molecule has 1 amide bonds. The lowest BCUT2D eigenvalue weighted by Gasteiger charge is -2.08. The number of carbonyl (C=O) groups is 1. The van der Waals surface area contributed by atoms with Crippen molar-refractivity contribution in [3.8, 4) is 0 Å². The highest BCUT2D eigenvalue weighted by atomic mass is 16.1. The first-order chi connectivity index (χ1) is 7.22. The monoisotopic (exact) mass is 202 g/mol. The summed E-state index contributed by atoms with van der Waals surface area (Å²) in [5.41, 5.74) is 2.38. The van der Waals surface area contributed by atoms with Gasteiger partial charge in [0.05, 0.1) is 0 Å². The smallest absolute Gasteiger partial charge is 0.209 e. The summed E-state index contributed by atoms with van der Waals surface area (Å²) in [6.07, 6.45) is 2.92. The summed E-state index contributed by atoms with van der Waals surface area (Å²) in [7, 11) is 3.81. The van der Waals surface area contributed by atoms with Crippen LogP contribution in [-0.2, 0) is 18.4 Å². The third kappa shape index (κ3) is 1.73. The molecule has 3 nitrogen and oxygen atoms in total. The highest BCUT2D eigenvalue weighted by molar-refractivity contribution is 5.83. The first kappa shape index (κ1) is 9.77. The van der Waals surface area contributed by atoms with Crippen LogP contribution in [0, 0.1) is 0 Å². The largest absolute Gasteiger partial charge is 0.350 e. The summed E-state index contributed by atoms with van der Waals surface area (Å²) in [4.78, 5) is 12.2. The Labute approximate surface area is 88.9 Å². The molecule has 0 spiro atoms. The van der Waals surface area contributed by atoms with E-state index in [-0.39, 0.29) is 0 Å². The van der Waals surface area contributed by atoms with Gasteiger partial charge in [-0.3, -0.25) is 4.79 Å². The molecule has 0 fully saturated rings. The number of aryl methyl sites for hydroxylation is 1. The van der Waals surface area contributed by atoms with Crippen LogP contribution in [-0.4, -0.2) is 22.9 Å². The van der Waals surface area contributed by atoms with Gasteiger partial charge in [0.1, 0.15) is 0 Å². The van der Waals surface area contributed by atoms with Gasteiger partial charge in [0.15, 0.2) is 0 Å². The van der Waals surface area contributed by atoms with Gasteiger partial charge >= 0.3 is 0 Å². The number of para-hydroxylation sites is 1. The highest BCUT2D eigenvalue weighted by Crippen LogP contribution is 2.20. The van der Waals surface area contributed by atoms with Crippen LogP contribution in [0.2, 0.25) is 0 Å². The number of rotatable bonds is 3. The van der Waals surface area contributed by atoms with E-state index in [0.29, 0.717) is 6.54 Å². The molecule has 0 bridgehead atoms. The van der Waals surface area contributed by atoms with E-state index in [0.717, 1.165) is 6.41 Å². The second-order valence-electron chi connectivity index (χ2n) is 3.80. The molecule has 0 saturated carbocycles. The van der Waals surface area contributed by atoms with Gasteiger partial charge in [-0.15, -0.1) is 0 Å². The van der Waals surface area contributed by atoms with Crippen molar-refractivity contribution in [2.45, 2.75) is 6.54 Å². The molecule has 0 N–H and O–H groups in total. The van der Waals surface area contributed by atoms with Crippen LogP contribution in [0.1, 0.15) is 5.56 Å². The fourth-order valence-corrected chi connectivity index (χ4v) is 1.86. The zero-order chi connectivity index (χ0) is 10.8. The van der Waals surface area contributed by atoms with Crippen LogP contribution in [0.4, 0.5) is 0 Å². The number of hydrogen-bond acceptors (Lipinski definition) is 1. The van der Waals surface area contributed by atoms with Crippen molar-refractivity contribution in [3.63, 3.8) is 0 Å². The molecule has 1 aromatic heterocycles. The third-order valence-corrected chi connectivity index (χ3v) is 2.58. The molecule has 1 heterocycles. The summed E-state index contributed by atoms with van der Waals surface area (Å²) in [6, 6.07) is 8.21. The summed E-state index contributed by atoms with van der Waals surface area (Å²) in [5, 5.41) is 1.22. The average Bonchev–Trinajstić information content (AvgIpc) is 2.57. The molecule has 0 radical (unpaired) electrons. The molecule has 78 valence electrons. The van der Waals surface area contributed by atoms with Crippen LogP contribution in [0.15, 0.2) is 30.5 Å². The predicted molar refractivity (Wildman–Crippen MR) is 60.5 cm³/mol. The lowest BCUT2D eigenvalue weighted by molar-refractivity contribution is -0.117. The molecule has 0 aliphatic rings. The number of amides is 1. The van der Waals surface area contributed by atoms with Crippen LogP contribution < -0.4 is 0 Å². The molecule has 0 aliphatic heterocycles. The van der Waals surface area contributed by atoms with E-state index in [1.54, 1.807) is 11.9 Å². The van der Waals surface area contributed by atoms with E-state index in [1.807, 2.05) is 19.2 Å². The minimum absolute atomic E-state index is 0.658. The molecule has 1 aromatic carbocycles. The Hall–Kier alpha value is -1.77. The Morgan fingerprint density at radius 2 is 2.13 bits per heavy atom. The Balaban J connectivity index is 2.47. The van der Waals surface area contributed by atoms with E-state index in [2.05, 4.69) is 22.9 Å². The summed E-state index contributed by atoms with van der Waals surface area (Å²) in [6.45, 7) is 0.658. The van der Waals surface area contributed by atoms with Gasteiger partial charge < -0.3 is 9.47 Å². The van der Waals surface area contributed by atoms with Gasteiger partial charge in [-0.1, -0.05) is 18.2 Å². The van der Waals surface area contributed by atoms with Crippen molar-refractivity contribution >= 4 is 17.3 Å². The maximum absolute atomic E-state index is 10.6. The van der Waals surface area contributed by atoms with Crippen molar-refractivity contribution in [2.75, 3.05) is 7.05 Å². The number of aromatic nitrogens is 1. The second kappa shape index (κ2) is 3.77. The third-order valence-electron chi connectivity index (χ3n) is 2.58. The van der Waals surface area contributed by atoms with Crippen molar-refractivity contribution < 1.29 is 4.79 Å². The molecular formula is C12H14N2O. The summed E-state index contributed by atoms with van der Waals surface area (Å²) < 4.78 is 2.09. The van der Waals surface area contributed by atoms with E-state index >= 15 is 0 Å².